The number of furan rings is 2. The van der Waals surface area contributed by atoms with Gasteiger partial charge in [0.1, 0.15) is 34.0 Å². The smallest absolute Gasteiger partial charge is 0.170 e. The Kier molecular flexibility index (Phi) is 6.63. The van der Waals surface area contributed by atoms with Crippen LogP contribution in [0.15, 0.2) is 195 Å². The van der Waals surface area contributed by atoms with Crippen LogP contribution in [0.4, 0.5) is 0 Å². The third kappa shape index (κ3) is 4.81. The maximum Gasteiger partial charge on any atom is 0.170 e. The largest absolute Gasteiger partial charge is 0.456 e. The molecule has 2 aromatic heterocycles. The number of nitrogens with zero attached hydrogens (tertiary/aromatic N) is 2. The zero-order valence-corrected chi connectivity index (χ0v) is 30.0. The van der Waals surface area contributed by atoms with E-state index in [0.29, 0.717) is 0 Å². The van der Waals surface area contributed by atoms with Crippen LogP contribution in [0.5, 0.6) is 0 Å². The first kappa shape index (κ1) is 30.9. The number of hydrogen-bond donors (Lipinski definition) is 1. The van der Waals surface area contributed by atoms with Crippen LogP contribution < -0.4 is 5.32 Å². The molecular formula is C51H31N3O2. The van der Waals surface area contributed by atoms with Crippen LogP contribution in [0, 0.1) is 0 Å². The Morgan fingerprint density at radius 3 is 1.68 bits per heavy atom. The zero-order valence-electron chi connectivity index (χ0n) is 30.0. The molecule has 56 heavy (non-hydrogen) atoms. The van der Waals surface area contributed by atoms with Crippen molar-refractivity contribution in [1.29, 1.82) is 0 Å². The van der Waals surface area contributed by atoms with Gasteiger partial charge < -0.3 is 14.2 Å². The van der Waals surface area contributed by atoms with Crippen LogP contribution >= 0.6 is 0 Å². The maximum absolute atomic E-state index is 6.85. The number of hydrogen-bond acceptors (Lipinski definition) is 5. The predicted molar refractivity (Wildman–Crippen MR) is 231 cm³/mol. The summed E-state index contributed by atoms with van der Waals surface area (Å²) in [6, 6.07) is 61.6. The SMILES string of the molecule is c1ccc2cc(C3=NC(c4ccc(-c5cccc6oc7cc8ccccc8cc7c56)c5oc6ccccc6c45)N=C(c4ccc5ccccc5c4)N3)ccc2c1. The average Bonchev–Trinajstić information content (AvgIpc) is 3.83. The van der Waals surface area contributed by atoms with Gasteiger partial charge in [0.25, 0.3) is 0 Å². The molecule has 0 atom stereocenters. The number of benzene rings is 9. The zero-order chi connectivity index (χ0) is 36.7. The van der Waals surface area contributed by atoms with Crippen molar-refractivity contribution in [3.8, 4) is 11.1 Å². The van der Waals surface area contributed by atoms with Crippen molar-refractivity contribution in [3.05, 3.63) is 193 Å². The van der Waals surface area contributed by atoms with Crippen molar-refractivity contribution in [1.82, 2.24) is 5.32 Å². The third-order valence-corrected chi connectivity index (χ3v) is 11.3. The Balaban J connectivity index is 1.09. The van der Waals surface area contributed by atoms with E-state index in [1.54, 1.807) is 0 Å². The maximum atomic E-state index is 6.85. The molecule has 5 heteroatoms. The van der Waals surface area contributed by atoms with Crippen LogP contribution in [-0.4, -0.2) is 11.7 Å². The van der Waals surface area contributed by atoms with Gasteiger partial charge in [0.15, 0.2) is 6.17 Å². The number of rotatable bonds is 4. The van der Waals surface area contributed by atoms with Crippen LogP contribution in [-0.2, 0) is 0 Å². The van der Waals surface area contributed by atoms with Gasteiger partial charge in [-0.2, -0.15) is 0 Å². The molecule has 0 saturated carbocycles. The number of aliphatic imine (C=N–C) groups is 2. The van der Waals surface area contributed by atoms with E-state index in [2.05, 4.69) is 169 Å². The normalized spacial score (nSPS) is 13.6. The lowest BCUT2D eigenvalue weighted by atomic mass is 9.94. The number of nitrogens with one attached hydrogen (secondary N) is 1. The summed E-state index contributed by atoms with van der Waals surface area (Å²) in [6.45, 7) is 0. The van der Waals surface area contributed by atoms with Crippen molar-refractivity contribution in [2.24, 2.45) is 9.98 Å². The summed E-state index contributed by atoms with van der Waals surface area (Å²) in [5, 5.41) is 14.8. The van der Waals surface area contributed by atoms with E-state index in [0.717, 1.165) is 99.5 Å². The van der Waals surface area contributed by atoms with Gasteiger partial charge in [-0.3, -0.25) is 0 Å². The minimum absolute atomic E-state index is 0.548. The van der Waals surface area contributed by atoms with Gasteiger partial charge in [-0.1, -0.05) is 140 Å². The number of fused-ring (bicyclic) bond motifs is 9. The van der Waals surface area contributed by atoms with E-state index < -0.39 is 6.17 Å². The molecule has 0 fully saturated rings. The molecule has 3 heterocycles. The highest BCUT2D eigenvalue weighted by atomic mass is 16.3. The van der Waals surface area contributed by atoms with Crippen LogP contribution in [0.25, 0.3) is 87.3 Å². The van der Waals surface area contributed by atoms with Crippen LogP contribution in [0.1, 0.15) is 22.9 Å². The van der Waals surface area contributed by atoms with Crippen LogP contribution in [0.2, 0.25) is 0 Å². The molecule has 0 spiro atoms. The highest BCUT2D eigenvalue weighted by Crippen LogP contribution is 2.45. The van der Waals surface area contributed by atoms with Gasteiger partial charge in [0.05, 0.1) is 0 Å². The van der Waals surface area contributed by atoms with E-state index in [9.17, 15) is 0 Å². The summed E-state index contributed by atoms with van der Waals surface area (Å²) in [6.07, 6.45) is -0.548. The third-order valence-electron chi connectivity index (χ3n) is 11.3. The molecule has 1 N–H and O–H groups in total. The summed E-state index contributed by atoms with van der Waals surface area (Å²) >= 11 is 0. The van der Waals surface area contributed by atoms with Crippen molar-refractivity contribution in [2.45, 2.75) is 6.17 Å². The molecule has 1 aliphatic rings. The molecule has 11 aromatic rings. The first-order valence-electron chi connectivity index (χ1n) is 18.9. The van der Waals surface area contributed by atoms with E-state index >= 15 is 0 Å². The molecule has 0 bridgehead atoms. The van der Waals surface area contributed by atoms with Crippen LogP contribution in [0.3, 0.4) is 0 Å². The van der Waals surface area contributed by atoms with Gasteiger partial charge in [-0.25, -0.2) is 9.98 Å². The summed E-state index contributed by atoms with van der Waals surface area (Å²) in [7, 11) is 0. The predicted octanol–water partition coefficient (Wildman–Crippen LogP) is 13.1. The standard InChI is InChI=1S/C51H31N3O2/c1-3-12-32-26-36(22-20-30(32)10-1)49-52-50(37-23-21-31-11-2-4-13-33(31)27-37)54-51(53-49)41-25-24-39(48-47(41)40-16-7-8-18-43(40)56-48)38-17-9-19-44-46(38)42-28-34-14-5-6-15-35(34)29-45(42)55-44/h1-29,51H,(H,52,53,54). The molecule has 0 aliphatic carbocycles. The second-order valence-corrected chi connectivity index (χ2v) is 14.6. The quantitative estimate of drug-likeness (QED) is 0.197. The highest BCUT2D eigenvalue weighted by Gasteiger charge is 2.27. The summed E-state index contributed by atoms with van der Waals surface area (Å²) in [4.78, 5) is 10.8. The molecule has 5 nitrogen and oxygen atoms in total. The number of amidine groups is 2. The van der Waals surface area contributed by atoms with Gasteiger partial charge in [0.2, 0.25) is 0 Å². The average molecular weight is 718 g/mol. The molecule has 12 rings (SSSR count). The fourth-order valence-electron chi connectivity index (χ4n) is 8.57. The Hall–Kier alpha value is -7.50. The molecule has 0 saturated heterocycles. The molecule has 0 unspecified atom stereocenters. The number of para-hydroxylation sites is 1. The lowest BCUT2D eigenvalue weighted by Crippen LogP contribution is -2.36. The Labute approximate surface area is 320 Å². The lowest BCUT2D eigenvalue weighted by Gasteiger charge is -2.23. The molecule has 9 aromatic carbocycles. The van der Waals surface area contributed by atoms with Gasteiger partial charge in [-0.05, 0) is 74.3 Å². The van der Waals surface area contributed by atoms with Crippen molar-refractivity contribution in [3.63, 3.8) is 0 Å². The lowest BCUT2D eigenvalue weighted by molar-refractivity contribution is 0.668. The molecule has 1 aliphatic heterocycles. The summed E-state index contributed by atoms with van der Waals surface area (Å²) < 4.78 is 13.4. The van der Waals surface area contributed by atoms with E-state index in [-0.39, 0.29) is 0 Å². The summed E-state index contributed by atoms with van der Waals surface area (Å²) in [5.41, 5.74) is 8.34. The topological polar surface area (TPSA) is 63.0 Å². The van der Waals surface area contributed by atoms with Gasteiger partial charge >= 0.3 is 0 Å². The monoisotopic (exact) mass is 717 g/mol. The minimum Gasteiger partial charge on any atom is -0.456 e. The van der Waals surface area contributed by atoms with Crippen molar-refractivity contribution < 1.29 is 8.83 Å². The second kappa shape index (κ2) is 12.0. The Bertz CT molecular complexity index is 3380. The van der Waals surface area contributed by atoms with Crippen molar-refractivity contribution in [2.75, 3.05) is 0 Å². The Morgan fingerprint density at radius 1 is 0.393 bits per heavy atom. The fourth-order valence-corrected chi connectivity index (χ4v) is 8.57. The van der Waals surface area contributed by atoms with E-state index in [4.69, 9.17) is 18.8 Å². The fraction of sp³-hybridized carbons (Fsp3) is 0.0196. The molecular weight excluding hydrogens is 687 g/mol. The summed E-state index contributed by atoms with van der Waals surface area (Å²) in [5.74, 6) is 1.54. The van der Waals surface area contributed by atoms with E-state index in [1.165, 1.54) is 16.2 Å². The van der Waals surface area contributed by atoms with E-state index in [1.807, 2.05) is 12.1 Å². The van der Waals surface area contributed by atoms with Crippen molar-refractivity contribution >= 4 is 87.9 Å². The first-order valence-corrected chi connectivity index (χ1v) is 18.9. The second-order valence-electron chi connectivity index (χ2n) is 14.6. The molecule has 262 valence electrons. The molecule has 0 amide bonds. The Morgan fingerprint density at radius 2 is 0.982 bits per heavy atom. The first-order chi connectivity index (χ1) is 27.7. The highest BCUT2D eigenvalue weighted by molar-refractivity contribution is 6.21. The van der Waals surface area contributed by atoms with Gasteiger partial charge in [0, 0.05) is 43.8 Å². The van der Waals surface area contributed by atoms with Gasteiger partial charge in [-0.15, -0.1) is 0 Å². The minimum atomic E-state index is -0.548. The molecule has 0 radical (unpaired) electrons.